The molecule has 1 rings (SSSR count). The first-order valence-corrected chi connectivity index (χ1v) is 6.21. The molecule has 0 heterocycles. The zero-order valence-corrected chi connectivity index (χ0v) is 11.4. The lowest BCUT2D eigenvalue weighted by Gasteiger charge is -2.14. The van der Waals surface area contributed by atoms with Gasteiger partial charge in [-0.1, -0.05) is 19.1 Å². The summed E-state index contributed by atoms with van der Waals surface area (Å²) in [5.74, 6) is -1.80. The molecule has 20 heavy (non-hydrogen) atoms. The molecule has 0 spiro atoms. The van der Waals surface area contributed by atoms with Crippen molar-refractivity contribution in [3.8, 4) is 0 Å². The molecule has 0 saturated carbocycles. The summed E-state index contributed by atoms with van der Waals surface area (Å²) < 4.78 is 17.5. The van der Waals surface area contributed by atoms with Gasteiger partial charge in [-0.3, -0.25) is 4.79 Å². The minimum Gasteiger partial charge on any atom is -0.479 e. The summed E-state index contributed by atoms with van der Waals surface area (Å²) in [6.07, 6.45) is -0.859. The molecule has 0 aliphatic heterocycles. The van der Waals surface area contributed by atoms with Gasteiger partial charge in [0, 0.05) is 13.5 Å². The van der Waals surface area contributed by atoms with Crippen LogP contribution in [0, 0.1) is 5.82 Å². The summed E-state index contributed by atoms with van der Waals surface area (Å²) in [5, 5.41) is 11.3. The van der Waals surface area contributed by atoms with Gasteiger partial charge in [0.05, 0.1) is 6.54 Å². The van der Waals surface area contributed by atoms with Gasteiger partial charge in [0.15, 0.2) is 6.10 Å². The van der Waals surface area contributed by atoms with Gasteiger partial charge in [-0.05, 0) is 23.6 Å². The van der Waals surface area contributed by atoms with Crippen molar-refractivity contribution in [2.45, 2.75) is 25.4 Å². The van der Waals surface area contributed by atoms with Crippen LogP contribution in [-0.2, 0) is 14.3 Å². The number of carboxylic acids is 1. The molecule has 0 saturated heterocycles. The van der Waals surface area contributed by atoms with E-state index in [-0.39, 0.29) is 30.6 Å². The van der Waals surface area contributed by atoms with Crippen molar-refractivity contribution < 1.29 is 23.8 Å². The first-order valence-electron chi connectivity index (χ1n) is 6.21. The average Bonchev–Trinajstić information content (AvgIpc) is 2.39. The maximum Gasteiger partial charge on any atom is 0.334 e. The number of hydrogen-bond donors (Lipinski definition) is 2. The summed E-state index contributed by atoms with van der Waals surface area (Å²) in [7, 11) is 1.27. The van der Waals surface area contributed by atoms with Gasteiger partial charge in [-0.25, -0.2) is 9.18 Å². The SMILES string of the molecule is COC(CNC(=O)CC(C)c1ccc(F)cc1)C(=O)O. The van der Waals surface area contributed by atoms with E-state index >= 15 is 0 Å². The molecule has 0 bridgehead atoms. The van der Waals surface area contributed by atoms with Crippen molar-refractivity contribution in [2.75, 3.05) is 13.7 Å². The van der Waals surface area contributed by atoms with E-state index in [1.54, 1.807) is 12.1 Å². The molecule has 2 N–H and O–H groups in total. The van der Waals surface area contributed by atoms with E-state index in [0.717, 1.165) is 5.56 Å². The largest absolute Gasteiger partial charge is 0.479 e. The van der Waals surface area contributed by atoms with Gasteiger partial charge in [-0.15, -0.1) is 0 Å². The molecular formula is C14H18FNO4. The third kappa shape index (κ3) is 4.97. The Bertz CT molecular complexity index is 461. The number of aliphatic carboxylic acids is 1. The summed E-state index contributed by atoms with van der Waals surface area (Å²) in [6, 6.07) is 5.94. The van der Waals surface area contributed by atoms with E-state index in [1.807, 2.05) is 6.92 Å². The van der Waals surface area contributed by atoms with Crippen molar-refractivity contribution in [1.82, 2.24) is 5.32 Å². The Balaban J connectivity index is 2.45. The fourth-order valence-electron chi connectivity index (χ4n) is 1.74. The summed E-state index contributed by atoms with van der Waals surface area (Å²) >= 11 is 0. The summed E-state index contributed by atoms with van der Waals surface area (Å²) in [6.45, 7) is 1.76. The van der Waals surface area contributed by atoms with Crippen LogP contribution in [0.15, 0.2) is 24.3 Å². The molecule has 0 radical (unpaired) electrons. The molecule has 0 aliphatic rings. The van der Waals surface area contributed by atoms with E-state index in [9.17, 15) is 14.0 Å². The molecule has 0 aliphatic carbocycles. The predicted octanol–water partition coefficient (Wildman–Crippen LogP) is 1.54. The van der Waals surface area contributed by atoms with E-state index in [1.165, 1.54) is 19.2 Å². The van der Waals surface area contributed by atoms with Gasteiger partial charge < -0.3 is 15.2 Å². The first-order chi connectivity index (χ1) is 9.43. The number of carbonyl (C=O) groups is 2. The molecule has 2 atom stereocenters. The lowest BCUT2D eigenvalue weighted by atomic mass is 9.97. The second kappa shape index (κ2) is 7.59. The Hall–Kier alpha value is -1.95. The van der Waals surface area contributed by atoms with Crippen LogP contribution in [0.2, 0.25) is 0 Å². The smallest absolute Gasteiger partial charge is 0.334 e. The van der Waals surface area contributed by atoms with Crippen molar-refractivity contribution >= 4 is 11.9 Å². The maximum absolute atomic E-state index is 12.8. The Labute approximate surface area is 116 Å². The molecule has 1 aromatic carbocycles. The van der Waals surface area contributed by atoms with Gasteiger partial charge >= 0.3 is 5.97 Å². The lowest BCUT2D eigenvalue weighted by Crippen LogP contribution is -2.38. The van der Waals surface area contributed by atoms with Crippen LogP contribution in [0.25, 0.3) is 0 Å². The highest BCUT2D eigenvalue weighted by atomic mass is 19.1. The summed E-state index contributed by atoms with van der Waals surface area (Å²) in [4.78, 5) is 22.4. The number of amides is 1. The van der Waals surface area contributed by atoms with E-state index < -0.39 is 12.1 Å². The monoisotopic (exact) mass is 283 g/mol. The molecular weight excluding hydrogens is 265 g/mol. The van der Waals surface area contributed by atoms with Crippen molar-refractivity contribution in [3.05, 3.63) is 35.6 Å². The van der Waals surface area contributed by atoms with Crippen molar-refractivity contribution in [2.24, 2.45) is 0 Å². The topological polar surface area (TPSA) is 75.6 Å². The number of carbonyl (C=O) groups excluding carboxylic acids is 1. The number of benzene rings is 1. The van der Waals surface area contributed by atoms with Crippen molar-refractivity contribution in [1.29, 1.82) is 0 Å². The lowest BCUT2D eigenvalue weighted by molar-refractivity contribution is -0.148. The Morgan fingerprint density at radius 2 is 1.95 bits per heavy atom. The third-order valence-electron chi connectivity index (χ3n) is 2.98. The minimum absolute atomic E-state index is 0.0820. The summed E-state index contributed by atoms with van der Waals surface area (Å²) in [5.41, 5.74) is 0.850. The van der Waals surface area contributed by atoms with E-state index in [2.05, 4.69) is 5.32 Å². The minimum atomic E-state index is -1.13. The highest BCUT2D eigenvalue weighted by Crippen LogP contribution is 2.18. The number of ether oxygens (including phenoxy) is 1. The molecule has 5 nitrogen and oxygen atoms in total. The fraction of sp³-hybridized carbons (Fsp3) is 0.429. The van der Waals surface area contributed by atoms with Gasteiger partial charge in [-0.2, -0.15) is 0 Å². The molecule has 1 amide bonds. The van der Waals surface area contributed by atoms with Crippen LogP contribution in [0.1, 0.15) is 24.8 Å². The van der Waals surface area contributed by atoms with Crippen LogP contribution < -0.4 is 5.32 Å². The fourth-order valence-corrected chi connectivity index (χ4v) is 1.74. The van der Waals surface area contributed by atoms with Crippen LogP contribution in [-0.4, -0.2) is 36.7 Å². The molecule has 1 aromatic rings. The van der Waals surface area contributed by atoms with Crippen LogP contribution in [0.5, 0.6) is 0 Å². The van der Waals surface area contributed by atoms with Gasteiger partial charge in [0.25, 0.3) is 0 Å². The predicted molar refractivity (Wildman–Crippen MR) is 70.9 cm³/mol. The quantitative estimate of drug-likeness (QED) is 0.796. The number of hydrogen-bond acceptors (Lipinski definition) is 3. The normalized spacial score (nSPS) is 13.6. The van der Waals surface area contributed by atoms with Crippen LogP contribution in [0.4, 0.5) is 4.39 Å². The van der Waals surface area contributed by atoms with E-state index in [4.69, 9.17) is 9.84 Å². The number of carboxylic acid groups (broad SMARTS) is 1. The molecule has 6 heteroatoms. The standard InChI is InChI=1S/C14H18FNO4/c1-9(10-3-5-11(15)6-4-10)7-13(17)16-8-12(20-2)14(18)19/h3-6,9,12H,7-8H2,1-2H3,(H,16,17)(H,18,19). The zero-order chi connectivity index (χ0) is 15.1. The second-order valence-corrected chi connectivity index (χ2v) is 4.52. The van der Waals surface area contributed by atoms with Crippen LogP contribution >= 0.6 is 0 Å². The number of nitrogens with one attached hydrogen (secondary N) is 1. The van der Waals surface area contributed by atoms with Gasteiger partial charge in [0.1, 0.15) is 5.82 Å². The average molecular weight is 283 g/mol. The first kappa shape index (κ1) is 16.1. The zero-order valence-electron chi connectivity index (χ0n) is 11.4. The highest BCUT2D eigenvalue weighted by Gasteiger charge is 2.18. The molecule has 2 unspecified atom stereocenters. The third-order valence-corrected chi connectivity index (χ3v) is 2.98. The Morgan fingerprint density at radius 1 is 1.35 bits per heavy atom. The maximum atomic E-state index is 12.8. The number of rotatable bonds is 7. The Morgan fingerprint density at radius 3 is 2.45 bits per heavy atom. The van der Waals surface area contributed by atoms with Crippen molar-refractivity contribution in [3.63, 3.8) is 0 Å². The molecule has 0 aromatic heterocycles. The molecule has 0 fully saturated rings. The number of methoxy groups -OCH3 is 1. The van der Waals surface area contributed by atoms with E-state index in [0.29, 0.717) is 0 Å². The Kier molecular flexibility index (Phi) is 6.11. The highest BCUT2D eigenvalue weighted by molar-refractivity contribution is 5.78. The second-order valence-electron chi connectivity index (χ2n) is 4.52. The molecule has 110 valence electrons. The van der Waals surface area contributed by atoms with Crippen LogP contribution in [0.3, 0.4) is 0 Å². The number of halogens is 1. The van der Waals surface area contributed by atoms with Gasteiger partial charge in [0.2, 0.25) is 5.91 Å².